The van der Waals surface area contributed by atoms with Crippen LogP contribution in [-0.4, -0.2) is 75.9 Å². The van der Waals surface area contributed by atoms with Crippen LogP contribution < -0.4 is 10.2 Å². The van der Waals surface area contributed by atoms with Crippen molar-refractivity contribution in [3.8, 4) is 0 Å². The van der Waals surface area contributed by atoms with Crippen molar-refractivity contribution in [2.75, 3.05) is 31.6 Å². The summed E-state index contributed by atoms with van der Waals surface area (Å²) in [5, 5.41) is 11.7. The summed E-state index contributed by atoms with van der Waals surface area (Å²) >= 11 is 0. The first-order valence-electron chi connectivity index (χ1n) is 10.0. The number of piperazine rings is 1. The van der Waals surface area contributed by atoms with E-state index in [2.05, 4.69) is 25.5 Å². The van der Waals surface area contributed by atoms with E-state index in [1.165, 1.54) is 16.8 Å². The molecule has 8 nitrogen and oxygen atoms in total. The Morgan fingerprint density at radius 1 is 1.29 bits per heavy atom. The molecule has 1 aliphatic rings. The van der Waals surface area contributed by atoms with Gasteiger partial charge < -0.3 is 20.2 Å². The molecule has 0 aliphatic carbocycles. The van der Waals surface area contributed by atoms with Crippen LogP contribution in [-0.2, 0) is 6.42 Å². The Hall–Kier alpha value is -3.08. The van der Waals surface area contributed by atoms with Crippen molar-refractivity contribution in [3.05, 3.63) is 41.9 Å². The average Bonchev–Trinajstić information content (AvgIpc) is 3.35. The van der Waals surface area contributed by atoms with Crippen LogP contribution in [0.1, 0.15) is 23.1 Å². The Bertz CT molecular complexity index is 1060. The Kier molecular flexibility index (Phi) is 5.61. The van der Waals surface area contributed by atoms with Crippen LogP contribution in [0.2, 0.25) is 0 Å². The van der Waals surface area contributed by atoms with Gasteiger partial charge in [-0.2, -0.15) is 13.2 Å². The number of anilines is 1. The van der Waals surface area contributed by atoms with Crippen molar-refractivity contribution in [1.29, 1.82) is 0 Å². The Morgan fingerprint density at radius 3 is 2.84 bits per heavy atom. The molecule has 31 heavy (non-hydrogen) atoms. The van der Waals surface area contributed by atoms with E-state index in [-0.39, 0.29) is 30.9 Å². The fraction of sp³-hybridized carbons (Fsp3) is 0.450. The van der Waals surface area contributed by atoms with Crippen LogP contribution in [0, 0.1) is 0 Å². The average molecular weight is 435 g/mol. The number of para-hydroxylation sites is 1. The summed E-state index contributed by atoms with van der Waals surface area (Å²) in [4.78, 5) is 21.3. The van der Waals surface area contributed by atoms with Gasteiger partial charge in [-0.05, 0) is 32.0 Å². The number of nitrogens with one attached hydrogen (secondary N) is 3. The van der Waals surface area contributed by atoms with Gasteiger partial charge in [-0.15, -0.1) is 10.2 Å². The van der Waals surface area contributed by atoms with Gasteiger partial charge in [-0.25, -0.2) is 0 Å². The maximum atomic E-state index is 13.2. The number of nitrogens with zero attached hydrogens (tertiary/aromatic N) is 4. The summed E-state index contributed by atoms with van der Waals surface area (Å²) in [7, 11) is 1.45. The number of halogens is 3. The van der Waals surface area contributed by atoms with Crippen molar-refractivity contribution in [2.24, 2.45) is 0 Å². The zero-order chi connectivity index (χ0) is 22.2. The highest BCUT2D eigenvalue weighted by atomic mass is 19.4. The lowest BCUT2D eigenvalue weighted by Crippen LogP contribution is -2.57. The molecular weight excluding hydrogens is 411 g/mol. The molecule has 166 valence electrons. The second-order valence-electron chi connectivity index (χ2n) is 7.92. The van der Waals surface area contributed by atoms with E-state index < -0.39 is 18.1 Å². The number of aromatic nitrogens is 4. The summed E-state index contributed by atoms with van der Waals surface area (Å²) < 4.78 is 39.7. The third-order valence-electron chi connectivity index (χ3n) is 5.59. The first kappa shape index (κ1) is 21.2. The number of benzene rings is 1. The van der Waals surface area contributed by atoms with Gasteiger partial charge in [0, 0.05) is 42.8 Å². The van der Waals surface area contributed by atoms with E-state index in [1.807, 2.05) is 37.4 Å². The number of aromatic amines is 2. The van der Waals surface area contributed by atoms with E-state index in [9.17, 15) is 18.0 Å². The third-order valence-corrected chi connectivity index (χ3v) is 5.59. The van der Waals surface area contributed by atoms with Gasteiger partial charge in [0.2, 0.25) is 11.8 Å². The summed E-state index contributed by atoms with van der Waals surface area (Å²) in [6.45, 7) is 2.20. The molecule has 0 radical (unpaired) electrons. The number of H-pyrrole nitrogens is 2. The third kappa shape index (κ3) is 4.50. The minimum atomic E-state index is -4.34. The van der Waals surface area contributed by atoms with Gasteiger partial charge in [-0.1, -0.05) is 18.2 Å². The predicted octanol–water partition coefficient (Wildman–Crippen LogP) is 2.33. The highest BCUT2D eigenvalue weighted by molar-refractivity contribution is 5.91. The molecule has 2 unspecified atom stereocenters. The van der Waals surface area contributed by atoms with Crippen LogP contribution in [0.4, 0.5) is 19.1 Å². The molecule has 2 aromatic heterocycles. The number of hydrogen-bond acceptors (Lipinski definition) is 5. The van der Waals surface area contributed by atoms with Crippen LogP contribution in [0.3, 0.4) is 0 Å². The van der Waals surface area contributed by atoms with Crippen molar-refractivity contribution < 1.29 is 18.0 Å². The van der Waals surface area contributed by atoms with Crippen LogP contribution in [0.5, 0.6) is 0 Å². The van der Waals surface area contributed by atoms with Gasteiger partial charge in [0.1, 0.15) is 6.04 Å². The Balaban J connectivity index is 1.39. The lowest BCUT2D eigenvalue weighted by atomic mass is 10.1. The van der Waals surface area contributed by atoms with Gasteiger partial charge in [0.15, 0.2) is 0 Å². The summed E-state index contributed by atoms with van der Waals surface area (Å²) in [6, 6.07) is 6.13. The van der Waals surface area contributed by atoms with Crippen molar-refractivity contribution in [1.82, 2.24) is 30.4 Å². The van der Waals surface area contributed by atoms with Gasteiger partial charge in [0.25, 0.3) is 5.91 Å². The van der Waals surface area contributed by atoms with E-state index in [1.54, 1.807) is 0 Å². The topological polar surface area (TPSA) is 92.9 Å². The second-order valence-corrected chi connectivity index (χ2v) is 7.92. The molecule has 1 fully saturated rings. The van der Waals surface area contributed by atoms with Gasteiger partial charge in [-0.3, -0.25) is 9.69 Å². The van der Waals surface area contributed by atoms with Crippen molar-refractivity contribution >= 4 is 22.8 Å². The molecule has 3 N–H and O–H groups in total. The molecule has 2 atom stereocenters. The number of carbonyl (C=O) groups is 1. The van der Waals surface area contributed by atoms with E-state index in [0.717, 1.165) is 16.5 Å². The molecule has 0 spiro atoms. The highest BCUT2D eigenvalue weighted by Crippen LogP contribution is 2.28. The zero-order valence-electron chi connectivity index (χ0n) is 17.2. The van der Waals surface area contributed by atoms with Crippen molar-refractivity contribution in [3.63, 3.8) is 0 Å². The first-order chi connectivity index (χ1) is 14.7. The standard InChI is InChI=1S/C20H24F3N7O/c1-12(9-13-10-24-15-6-4-3-5-14(13)15)25-18(31)17-26-19(28-27-17)30-8-7-29(2)16(11-30)20(21,22)23/h3-6,10,12,16,24H,7-9,11H2,1-2H3,(H,25,31)(H,26,27,28). The fourth-order valence-corrected chi connectivity index (χ4v) is 3.89. The summed E-state index contributed by atoms with van der Waals surface area (Å²) in [5.41, 5.74) is 2.11. The first-order valence-corrected chi connectivity index (χ1v) is 10.0. The minimum Gasteiger partial charge on any atom is -0.361 e. The number of hydrogen-bond donors (Lipinski definition) is 3. The summed E-state index contributed by atoms with van der Waals surface area (Å²) in [5.74, 6) is -0.312. The number of carbonyl (C=O) groups excluding carboxylic acids is 1. The van der Waals surface area contributed by atoms with E-state index in [0.29, 0.717) is 13.0 Å². The smallest absolute Gasteiger partial charge is 0.361 e. The second kappa shape index (κ2) is 8.22. The molecule has 3 aromatic rings. The molecule has 1 saturated heterocycles. The molecule has 0 bridgehead atoms. The SMILES string of the molecule is CC(Cc1c[nH]c2ccccc12)NC(=O)c1nnc(N2CCN(C)C(C(F)(F)F)C2)[nH]1. The molecule has 3 heterocycles. The number of alkyl halides is 3. The number of fused-ring (bicyclic) bond motifs is 1. The fourth-order valence-electron chi connectivity index (χ4n) is 3.89. The molecule has 4 rings (SSSR count). The lowest BCUT2D eigenvalue weighted by Gasteiger charge is -2.39. The van der Waals surface area contributed by atoms with Crippen molar-refractivity contribution in [2.45, 2.75) is 31.6 Å². The number of amides is 1. The monoisotopic (exact) mass is 435 g/mol. The predicted molar refractivity (Wildman–Crippen MR) is 110 cm³/mol. The zero-order valence-corrected chi connectivity index (χ0v) is 17.2. The van der Waals surface area contributed by atoms with Crippen LogP contribution in [0.15, 0.2) is 30.5 Å². The normalized spacial score (nSPS) is 19.0. The highest BCUT2D eigenvalue weighted by Gasteiger charge is 2.45. The Morgan fingerprint density at radius 2 is 2.06 bits per heavy atom. The quantitative estimate of drug-likeness (QED) is 0.572. The summed E-state index contributed by atoms with van der Waals surface area (Å²) in [6.07, 6.45) is -1.81. The van der Waals surface area contributed by atoms with Gasteiger partial charge in [0.05, 0.1) is 0 Å². The molecule has 0 saturated carbocycles. The maximum Gasteiger partial charge on any atom is 0.405 e. The molecule has 11 heteroatoms. The van der Waals surface area contributed by atoms with Crippen LogP contribution >= 0.6 is 0 Å². The van der Waals surface area contributed by atoms with E-state index in [4.69, 9.17) is 0 Å². The molecular formula is C20H24F3N7O. The minimum absolute atomic E-state index is 0.0248. The lowest BCUT2D eigenvalue weighted by molar-refractivity contribution is -0.180. The molecule has 1 aliphatic heterocycles. The Labute approximate surface area is 176 Å². The molecule has 1 aromatic carbocycles. The number of rotatable bonds is 5. The molecule has 1 amide bonds. The maximum absolute atomic E-state index is 13.2. The van der Waals surface area contributed by atoms with E-state index >= 15 is 0 Å². The van der Waals surface area contributed by atoms with Crippen LogP contribution in [0.25, 0.3) is 10.9 Å². The largest absolute Gasteiger partial charge is 0.405 e. The van der Waals surface area contributed by atoms with Gasteiger partial charge >= 0.3 is 6.18 Å². The number of likely N-dealkylation sites (N-methyl/N-ethyl adjacent to an activating group) is 1.